The van der Waals surface area contributed by atoms with Gasteiger partial charge in [0.05, 0.1) is 5.54 Å². The second kappa shape index (κ2) is 6.04. The summed E-state index contributed by atoms with van der Waals surface area (Å²) in [6.45, 7) is 2.25. The molecule has 0 spiro atoms. The smallest absolute Gasteiger partial charge is 0.224 e. The number of benzene rings is 1. The Balaban J connectivity index is 0.00000162. The van der Waals surface area contributed by atoms with Crippen LogP contribution in [0.4, 0.5) is 0 Å². The summed E-state index contributed by atoms with van der Waals surface area (Å²) in [4.78, 5) is 11.9. The van der Waals surface area contributed by atoms with Gasteiger partial charge in [-0.1, -0.05) is 35.0 Å². The van der Waals surface area contributed by atoms with E-state index in [9.17, 15) is 4.79 Å². The first kappa shape index (κ1) is 15.5. The topological polar surface area (TPSA) is 55.1 Å². The van der Waals surface area contributed by atoms with Crippen molar-refractivity contribution in [1.82, 2.24) is 5.32 Å². The molecular formula is C13H18BrClN2O. The third kappa shape index (κ3) is 3.25. The monoisotopic (exact) mass is 332 g/mol. The highest BCUT2D eigenvalue weighted by Crippen LogP contribution is 2.45. The summed E-state index contributed by atoms with van der Waals surface area (Å²) in [5, 5.41) is 3.12. The molecule has 1 aliphatic carbocycles. The maximum Gasteiger partial charge on any atom is 0.224 e. The van der Waals surface area contributed by atoms with Gasteiger partial charge in [0, 0.05) is 16.9 Å². The van der Waals surface area contributed by atoms with Gasteiger partial charge in [-0.05, 0) is 30.5 Å². The molecule has 5 heteroatoms. The van der Waals surface area contributed by atoms with Gasteiger partial charge in [-0.25, -0.2) is 0 Å². The van der Waals surface area contributed by atoms with E-state index in [0.29, 0.717) is 6.54 Å². The second-order valence-electron chi connectivity index (χ2n) is 4.72. The normalized spacial score (nSPS) is 17.5. The molecule has 0 heterocycles. The molecule has 1 atom stereocenters. The van der Waals surface area contributed by atoms with Gasteiger partial charge >= 0.3 is 0 Å². The Morgan fingerprint density at radius 1 is 1.44 bits per heavy atom. The van der Waals surface area contributed by atoms with Gasteiger partial charge in [0.1, 0.15) is 0 Å². The summed E-state index contributed by atoms with van der Waals surface area (Å²) in [5.74, 6) is -0.0733. The van der Waals surface area contributed by atoms with E-state index in [2.05, 4.69) is 33.4 Å². The molecular weight excluding hydrogens is 316 g/mol. The summed E-state index contributed by atoms with van der Waals surface area (Å²) in [6, 6.07) is 8.14. The Bertz CT molecular complexity index is 418. The highest BCUT2D eigenvalue weighted by Gasteiger charge is 2.45. The molecule has 1 amide bonds. The number of rotatable bonds is 4. The fourth-order valence-corrected chi connectivity index (χ4v) is 2.11. The fourth-order valence-electron chi connectivity index (χ4n) is 1.85. The molecule has 3 N–H and O–H groups in total. The van der Waals surface area contributed by atoms with Crippen LogP contribution in [0, 0.1) is 5.92 Å². The summed E-state index contributed by atoms with van der Waals surface area (Å²) < 4.78 is 1.05. The van der Waals surface area contributed by atoms with E-state index >= 15 is 0 Å². The van der Waals surface area contributed by atoms with Crippen LogP contribution in [-0.2, 0) is 10.3 Å². The van der Waals surface area contributed by atoms with Crippen LogP contribution in [0.2, 0.25) is 0 Å². The Kier molecular flexibility index (Phi) is 5.20. The molecule has 1 saturated carbocycles. The number of hydrogen-bond acceptors (Lipinski definition) is 2. The SMILES string of the molecule is CC(CN)C(=O)NC1(c2ccc(Br)cc2)CC1.Cl. The molecule has 0 bridgehead atoms. The van der Waals surface area contributed by atoms with E-state index in [1.807, 2.05) is 19.1 Å². The number of halogens is 2. The van der Waals surface area contributed by atoms with Crippen molar-refractivity contribution in [2.75, 3.05) is 6.54 Å². The molecule has 2 rings (SSSR count). The third-order valence-electron chi connectivity index (χ3n) is 3.31. The highest BCUT2D eigenvalue weighted by atomic mass is 79.9. The lowest BCUT2D eigenvalue weighted by molar-refractivity contribution is -0.125. The predicted octanol–water partition coefficient (Wildman–Crippen LogP) is 2.57. The van der Waals surface area contributed by atoms with Gasteiger partial charge in [-0.3, -0.25) is 4.79 Å². The number of amides is 1. The van der Waals surface area contributed by atoms with Crippen molar-refractivity contribution in [1.29, 1.82) is 0 Å². The second-order valence-corrected chi connectivity index (χ2v) is 5.63. The highest BCUT2D eigenvalue weighted by molar-refractivity contribution is 9.10. The molecule has 100 valence electrons. The van der Waals surface area contributed by atoms with Crippen molar-refractivity contribution in [2.45, 2.75) is 25.3 Å². The summed E-state index contributed by atoms with van der Waals surface area (Å²) in [6.07, 6.45) is 2.02. The van der Waals surface area contributed by atoms with Gasteiger partial charge in [0.2, 0.25) is 5.91 Å². The van der Waals surface area contributed by atoms with E-state index in [4.69, 9.17) is 5.73 Å². The van der Waals surface area contributed by atoms with Crippen LogP contribution in [0.1, 0.15) is 25.3 Å². The lowest BCUT2D eigenvalue weighted by Crippen LogP contribution is -2.40. The van der Waals surface area contributed by atoms with Crippen molar-refractivity contribution in [3.8, 4) is 0 Å². The largest absolute Gasteiger partial charge is 0.346 e. The quantitative estimate of drug-likeness (QED) is 0.890. The standard InChI is InChI=1S/C13H17BrN2O.ClH/c1-9(8-15)12(17)16-13(6-7-13)10-2-4-11(14)5-3-10;/h2-5,9H,6-8,15H2,1H3,(H,16,17);1H. The first-order chi connectivity index (χ1) is 8.07. The molecule has 18 heavy (non-hydrogen) atoms. The zero-order valence-electron chi connectivity index (χ0n) is 10.3. The Hall–Kier alpha value is -0.580. The molecule has 1 aromatic rings. The number of carbonyl (C=O) groups excluding carboxylic acids is 1. The molecule has 1 aromatic carbocycles. The lowest BCUT2D eigenvalue weighted by Gasteiger charge is -2.20. The molecule has 0 saturated heterocycles. The van der Waals surface area contributed by atoms with Gasteiger partial charge in [-0.15, -0.1) is 12.4 Å². The predicted molar refractivity (Wildman–Crippen MR) is 78.7 cm³/mol. The zero-order chi connectivity index (χ0) is 12.5. The first-order valence-corrected chi connectivity index (χ1v) is 6.65. The van der Waals surface area contributed by atoms with Gasteiger partial charge in [-0.2, -0.15) is 0 Å². The number of nitrogens with two attached hydrogens (primary N) is 1. The molecule has 0 aliphatic heterocycles. The van der Waals surface area contributed by atoms with Crippen molar-refractivity contribution in [3.05, 3.63) is 34.3 Å². The minimum Gasteiger partial charge on any atom is -0.346 e. The lowest BCUT2D eigenvalue weighted by atomic mass is 10.0. The van der Waals surface area contributed by atoms with Crippen molar-refractivity contribution in [2.24, 2.45) is 11.7 Å². The number of carbonyl (C=O) groups is 1. The zero-order valence-corrected chi connectivity index (χ0v) is 12.7. The van der Waals surface area contributed by atoms with E-state index in [0.717, 1.165) is 17.3 Å². The maximum absolute atomic E-state index is 11.9. The maximum atomic E-state index is 11.9. The molecule has 0 aromatic heterocycles. The van der Waals surface area contributed by atoms with E-state index in [1.54, 1.807) is 0 Å². The molecule has 1 unspecified atom stereocenters. The average molecular weight is 334 g/mol. The van der Waals surface area contributed by atoms with Gasteiger partial charge in [0.15, 0.2) is 0 Å². The Morgan fingerprint density at radius 2 is 2.00 bits per heavy atom. The minimum absolute atomic E-state index is 0. The summed E-state index contributed by atoms with van der Waals surface area (Å²) in [5.41, 5.74) is 6.54. The van der Waals surface area contributed by atoms with E-state index < -0.39 is 0 Å². The van der Waals surface area contributed by atoms with E-state index in [1.165, 1.54) is 5.56 Å². The van der Waals surface area contributed by atoms with Crippen LogP contribution in [-0.4, -0.2) is 12.5 Å². The molecule has 1 aliphatic rings. The van der Waals surface area contributed by atoms with Crippen LogP contribution < -0.4 is 11.1 Å². The Labute approximate surface area is 122 Å². The Morgan fingerprint density at radius 3 is 2.44 bits per heavy atom. The summed E-state index contributed by atoms with van der Waals surface area (Å²) >= 11 is 3.41. The van der Waals surface area contributed by atoms with Crippen LogP contribution in [0.25, 0.3) is 0 Å². The van der Waals surface area contributed by atoms with Gasteiger partial charge in [0.25, 0.3) is 0 Å². The van der Waals surface area contributed by atoms with Crippen LogP contribution in [0.15, 0.2) is 28.7 Å². The van der Waals surface area contributed by atoms with E-state index in [-0.39, 0.29) is 29.8 Å². The third-order valence-corrected chi connectivity index (χ3v) is 3.84. The molecule has 3 nitrogen and oxygen atoms in total. The number of nitrogens with one attached hydrogen (secondary N) is 1. The minimum atomic E-state index is -0.138. The van der Waals surface area contributed by atoms with Crippen LogP contribution in [0.5, 0.6) is 0 Å². The average Bonchev–Trinajstić information content (AvgIpc) is 3.09. The van der Waals surface area contributed by atoms with Crippen LogP contribution in [0.3, 0.4) is 0 Å². The summed E-state index contributed by atoms with van der Waals surface area (Å²) in [7, 11) is 0. The van der Waals surface area contributed by atoms with Gasteiger partial charge < -0.3 is 11.1 Å². The van der Waals surface area contributed by atoms with Crippen molar-refractivity contribution in [3.63, 3.8) is 0 Å². The van der Waals surface area contributed by atoms with Crippen molar-refractivity contribution < 1.29 is 4.79 Å². The molecule has 1 fully saturated rings. The van der Waals surface area contributed by atoms with Crippen LogP contribution >= 0.6 is 28.3 Å². The molecule has 0 radical (unpaired) electrons. The first-order valence-electron chi connectivity index (χ1n) is 5.85. The fraction of sp³-hybridized carbons (Fsp3) is 0.462. The number of hydrogen-bond donors (Lipinski definition) is 2. The van der Waals surface area contributed by atoms with Crippen molar-refractivity contribution >= 4 is 34.2 Å².